The van der Waals surface area contributed by atoms with E-state index >= 15 is 0 Å². The van der Waals surface area contributed by atoms with Gasteiger partial charge in [0.25, 0.3) is 0 Å². The van der Waals surface area contributed by atoms with Gasteiger partial charge in [0.1, 0.15) is 0 Å². The second-order valence-electron chi connectivity index (χ2n) is 6.47. The average Bonchev–Trinajstić information content (AvgIpc) is 2.73. The van der Waals surface area contributed by atoms with E-state index < -0.39 is 19.0 Å². The molecule has 0 atom stereocenters. The Morgan fingerprint density at radius 3 is 2.27 bits per heavy atom. The van der Waals surface area contributed by atoms with Crippen LogP contribution in [0, 0.1) is 3.57 Å². The summed E-state index contributed by atoms with van der Waals surface area (Å²) in [4.78, 5) is 12.5. The molecule has 0 bridgehead atoms. The Kier molecular flexibility index (Phi) is 4.21. The maximum atomic E-state index is 12.5. The fourth-order valence-electron chi connectivity index (χ4n) is 2.47. The van der Waals surface area contributed by atoms with Crippen molar-refractivity contribution in [2.45, 2.75) is 32.7 Å². The van der Waals surface area contributed by atoms with Crippen LogP contribution in [0.1, 0.15) is 42.3 Å². The first-order chi connectivity index (χ1) is 10.4. The van der Waals surface area contributed by atoms with Crippen LogP contribution in [0.4, 0.5) is 0 Å². The third-order valence-electron chi connectivity index (χ3n) is 3.81. The van der Waals surface area contributed by atoms with Crippen molar-refractivity contribution in [3.8, 4) is 0 Å². The number of amides is 1. The summed E-state index contributed by atoms with van der Waals surface area (Å²) in [5.41, 5.74) is 3.36. The van der Waals surface area contributed by atoms with E-state index in [9.17, 15) is 4.79 Å². The van der Waals surface area contributed by atoms with Gasteiger partial charge in [-0.3, -0.25) is 0 Å². The average molecular weight is 428 g/mol. The van der Waals surface area contributed by atoms with E-state index in [0.29, 0.717) is 6.54 Å². The zero-order valence-electron chi connectivity index (χ0n) is 12.9. The first kappa shape index (κ1) is 15.8. The summed E-state index contributed by atoms with van der Waals surface area (Å²) in [5, 5.41) is 0. The molecule has 1 heterocycles. The van der Waals surface area contributed by atoms with Crippen LogP contribution in [0.2, 0.25) is 0 Å². The zero-order valence-corrected chi connectivity index (χ0v) is 15.9. The number of benzene rings is 2. The maximum absolute atomic E-state index is 12.5. The van der Waals surface area contributed by atoms with Crippen LogP contribution in [-0.2, 0) is 12.0 Å². The van der Waals surface area contributed by atoms with Crippen molar-refractivity contribution in [3.05, 3.63) is 68.8 Å². The molecule has 4 heteroatoms. The minimum atomic E-state index is -2.07. The number of halogens is 2. The molecule has 0 radical (unpaired) electrons. The van der Waals surface area contributed by atoms with Crippen molar-refractivity contribution in [2.24, 2.45) is 0 Å². The molecule has 1 aliphatic rings. The SMILES string of the molecule is CC(C)(C)c1ccc(CN2C(=O)c3ccccc3I2Cl)cc1. The Balaban J connectivity index is 1.82. The summed E-state index contributed by atoms with van der Waals surface area (Å²) in [6.45, 7) is 7.20. The van der Waals surface area contributed by atoms with Gasteiger partial charge in [-0.05, 0) is 0 Å². The summed E-state index contributed by atoms with van der Waals surface area (Å²) in [7, 11) is 6.62. The Bertz CT molecular complexity index is 706. The molecule has 1 amide bonds. The third-order valence-corrected chi connectivity index (χ3v) is 9.58. The molecule has 0 saturated carbocycles. The van der Waals surface area contributed by atoms with Gasteiger partial charge in [0.15, 0.2) is 0 Å². The molecule has 2 aromatic carbocycles. The second-order valence-corrected chi connectivity index (χ2v) is 11.9. The number of hydrogen-bond donors (Lipinski definition) is 0. The molecule has 1 aliphatic heterocycles. The van der Waals surface area contributed by atoms with Crippen molar-refractivity contribution in [2.75, 3.05) is 0 Å². The number of carbonyl (C=O) groups excluding carboxylic acids is 1. The second kappa shape index (κ2) is 5.85. The number of rotatable bonds is 2. The van der Waals surface area contributed by atoms with Gasteiger partial charge in [-0.15, -0.1) is 0 Å². The van der Waals surface area contributed by atoms with E-state index in [4.69, 9.17) is 8.91 Å². The molecular weight excluding hydrogens is 409 g/mol. The Hall–Kier alpha value is -1.07. The van der Waals surface area contributed by atoms with E-state index in [1.807, 2.05) is 27.4 Å². The number of hydrogen-bond acceptors (Lipinski definition) is 1. The molecule has 3 rings (SSSR count). The number of carbonyl (C=O) groups is 1. The summed E-state index contributed by atoms with van der Waals surface area (Å²) in [6, 6.07) is 16.3. The molecular formula is C18H19ClINO. The zero-order chi connectivity index (χ0) is 15.9. The van der Waals surface area contributed by atoms with Crippen LogP contribution in [0.3, 0.4) is 0 Å². The van der Waals surface area contributed by atoms with Gasteiger partial charge in [-0.25, -0.2) is 0 Å². The predicted octanol–water partition coefficient (Wildman–Crippen LogP) is 5.38. The molecule has 0 fully saturated rings. The van der Waals surface area contributed by atoms with Gasteiger partial charge < -0.3 is 0 Å². The molecule has 2 aromatic rings. The minimum absolute atomic E-state index is 0.0793. The van der Waals surface area contributed by atoms with E-state index in [0.717, 1.165) is 14.7 Å². The summed E-state index contributed by atoms with van der Waals surface area (Å²) < 4.78 is 2.94. The van der Waals surface area contributed by atoms with Crippen molar-refractivity contribution in [1.29, 1.82) is 0 Å². The van der Waals surface area contributed by atoms with Crippen LogP contribution in [0.15, 0.2) is 48.5 Å². The first-order valence-corrected chi connectivity index (χ1v) is 12.0. The fourth-order valence-corrected chi connectivity index (χ4v) is 7.36. The molecule has 0 aliphatic carbocycles. The molecule has 0 saturated heterocycles. The van der Waals surface area contributed by atoms with Gasteiger partial charge in [0.2, 0.25) is 0 Å². The van der Waals surface area contributed by atoms with Gasteiger partial charge >= 0.3 is 143 Å². The number of nitrogens with zero attached hydrogens (tertiary/aromatic N) is 1. The molecule has 0 spiro atoms. The quantitative estimate of drug-likeness (QED) is 0.465. The standard InChI is InChI=1S/C18H19ClINO/c1-18(2,3)14-10-8-13(9-11-14)12-21-17(22)15-6-4-5-7-16(15)20(21)19/h4-11H,12H2,1-3H3. The summed E-state index contributed by atoms with van der Waals surface area (Å²) >= 11 is -2.07. The molecule has 22 heavy (non-hydrogen) atoms. The summed E-state index contributed by atoms with van der Waals surface area (Å²) in [6.07, 6.45) is 0. The topological polar surface area (TPSA) is 20.3 Å². The van der Waals surface area contributed by atoms with Gasteiger partial charge in [-0.2, -0.15) is 0 Å². The van der Waals surface area contributed by atoms with Gasteiger partial charge in [0, 0.05) is 0 Å². The first-order valence-electron chi connectivity index (χ1n) is 7.25. The van der Waals surface area contributed by atoms with Crippen LogP contribution in [-0.4, -0.2) is 9.02 Å². The number of fused-ring (bicyclic) bond motifs is 1. The van der Waals surface area contributed by atoms with E-state index in [2.05, 4.69) is 45.0 Å². The van der Waals surface area contributed by atoms with Crippen LogP contribution in [0.25, 0.3) is 0 Å². The molecule has 116 valence electrons. The van der Waals surface area contributed by atoms with Crippen molar-refractivity contribution in [3.63, 3.8) is 0 Å². The van der Waals surface area contributed by atoms with Crippen LogP contribution < -0.4 is 0 Å². The Morgan fingerprint density at radius 2 is 1.68 bits per heavy atom. The molecule has 0 N–H and O–H groups in total. The molecule has 0 unspecified atom stereocenters. The van der Waals surface area contributed by atoms with E-state index in [-0.39, 0.29) is 11.3 Å². The van der Waals surface area contributed by atoms with Gasteiger partial charge in [0.05, 0.1) is 0 Å². The van der Waals surface area contributed by atoms with Crippen LogP contribution >= 0.6 is 27.9 Å². The molecule has 2 nitrogen and oxygen atoms in total. The predicted molar refractivity (Wildman–Crippen MR) is 100 cm³/mol. The monoisotopic (exact) mass is 427 g/mol. The summed E-state index contributed by atoms with van der Waals surface area (Å²) in [5.74, 6) is 0.0793. The van der Waals surface area contributed by atoms with Crippen molar-refractivity contribution >= 4 is 33.8 Å². The Labute approximate surface area is 142 Å². The van der Waals surface area contributed by atoms with E-state index in [1.54, 1.807) is 0 Å². The Morgan fingerprint density at radius 1 is 1.05 bits per heavy atom. The van der Waals surface area contributed by atoms with Crippen molar-refractivity contribution < 1.29 is 4.79 Å². The fraction of sp³-hybridized carbons (Fsp3) is 0.278. The normalized spacial score (nSPS) is 16.1. The molecule has 0 aromatic heterocycles. The third kappa shape index (κ3) is 2.88. The van der Waals surface area contributed by atoms with Crippen molar-refractivity contribution in [1.82, 2.24) is 3.11 Å². The van der Waals surface area contributed by atoms with E-state index in [1.165, 1.54) is 5.56 Å². The van der Waals surface area contributed by atoms with Gasteiger partial charge in [-0.1, -0.05) is 0 Å². The van der Waals surface area contributed by atoms with Crippen LogP contribution in [0.5, 0.6) is 0 Å².